The second-order valence-electron chi connectivity index (χ2n) is 3.68. The lowest BCUT2D eigenvalue weighted by atomic mass is 9.80. The third-order valence-electron chi connectivity index (χ3n) is 2.88. The van der Waals surface area contributed by atoms with Gasteiger partial charge in [-0.1, -0.05) is 32.8 Å². The molecule has 1 nitrogen and oxygen atoms in total. The molecule has 0 aromatic rings. The first kappa shape index (κ1) is 8.63. The van der Waals surface area contributed by atoms with Crippen LogP contribution in [0.5, 0.6) is 0 Å². The highest BCUT2D eigenvalue weighted by molar-refractivity contribution is 4.90. The Balaban J connectivity index is 2.38. The van der Waals surface area contributed by atoms with Crippen LogP contribution in [-0.4, -0.2) is 5.11 Å². The fourth-order valence-corrected chi connectivity index (χ4v) is 1.91. The summed E-state index contributed by atoms with van der Waals surface area (Å²) < 4.78 is 0. The SMILES string of the molecule is C=C(O)C(C)C1CCCCC1. The van der Waals surface area contributed by atoms with Crippen molar-refractivity contribution in [3.8, 4) is 0 Å². The molecule has 11 heavy (non-hydrogen) atoms. The lowest BCUT2D eigenvalue weighted by molar-refractivity contribution is 0.228. The molecule has 1 N–H and O–H groups in total. The topological polar surface area (TPSA) is 20.2 Å². The van der Waals surface area contributed by atoms with E-state index in [4.69, 9.17) is 0 Å². The zero-order chi connectivity index (χ0) is 8.27. The van der Waals surface area contributed by atoms with Gasteiger partial charge in [-0.3, -0.25) is 0 Å². The molecule has 1 aliphatic rings. The molecule has 1 heteroatoms. The second kappa shape index (κ2) is 3.80. The first-order chi connectivity index (χ1) is 5.22. The molecule has 0 spiro atoms. The van der Waals surface area contributed by atoms with Crippen LogP contribution in [-0.2, 0) is 0 Å². The van der Waals surface area contributed by atoms with Crippen molar-refractivity contribution in [2.45, 2.75) is 39.0 Å². The van der Waals surface area contributed by atoms with Gasteiger partial charge in [-0.05, 0) is 18.8 Å². The first-order valence-corrected chi connectivity index (χ1v) is 4.59. The largest absolute Gasteiger partial charge is 0.513 e. The van der Waals surface area contributed by atoms with Crippen molar-refractivity contribution in [1.82, 2.24) is 0 Å². The number of allylic oxidation sites excluding steroid dienone is 1. The van der Waals surface area contributed by atoms with Crippen LogP contribution in [0.3, 0.4) is 0 Å². The van der Waals surface area contributed by atoms with Gasteiger partial charge in [-0.2, -0.15) is 0 Å². The van der Waals surface area contributed by atoms with Crippen molar-refractivity contribution in [3.05, 3.63) is 12.3 Å². The Morgan fingerprint density at radius 1 is 1.36 bits per heavy atom. The van der Waals surface area contributed by atoms with E-state index >= 15 is 0 Å². The lowest BCUT2D eigenvalue weighted by Crippen LogP contribution is -2.16. The Kier molecular flexibility index (Phi) is 2.98. The van der Waals surface area contributed by atoms with E-state index in [-0.39, 0.29) is 0 Å². The fourth-order valence-electron chi connectivity index (χ4n) is 1.91. The van der Waals surface area contributed by atoms with Gasteiger partial charge < -0.3 is 5.11 Å². The van der Waals surface area contributed by atoms with Crippen LogP contribution in [0, 0.1) is 11.8 Å². The molecule has 1 unspecified atom stereocenters. The van der Waals surface area contributed by atoms with Gasteiger partial charge in [0.25, 0.3) is 0 Å². The van der Waals surface area contributed by atoms with Crippen LogP contribution in [0.25, 0.3) is 0 Å². The maximum absolute atomic E-state index is 9.18. The quantitative estimate of drug-likeness (QED) is 0.605. The number of hydrogen-bond acceptors (Lipinski definition) is 1. The molecule has 0 amide bonds. The predicted molar refractivity (Wildman–Crippen MR) is 47.5 cm³/mol. The molecule has 1 rings (SSSR count). The summed E-state index contributed by atoms with van der Waals surface area (Å²) in [6.07, 6.45) is 6.60. The van der Waals surface area contributed by atoms with Crippen molar-refractivity contribution >= 4 is 0 Å². The fraction of sp³-hybridized carbons (Fsp3) is 0.800. The molecule has 0 aromatic heterocycles. The minimum Gasteiger partial charge on any atom is -0.513 e. The highest BCUT2D eigenvalue weighted by Gasteiger charge is 2.21. The van der Waals surface area contributed by atoms with Gasteiger partial charge in [0, 0.05) is 5.92 Å². The average molecular weight is 154 g/mol. The highest BCUT2D eigenvalue weighted by Crippen LogP contribution is 2.31. The molecule has 1 atom stereocenters. The van der Waals surface area contributed by atoms with Crippen molar-refractivity contribution in [2.75, 3.05) is 0 Å². The molecular formula is C10H18O. The Bertz CT molecular complexity index is 134. The number of rotatable bonds is 2. The van der Waals surface area contributed by atoms with Gasteiger partial charge in [0.05, 0.1) is 5.76 Å². The molecule has 0 radical (unpaired) electrons. The van der Waals surface area contributed by atoms with E-state index in [0.29, 0.717) is 17.6 Å². The monoisotopic (exact) mass is 154 g/mol. The van der Waals surface area contributed by atoms with Crippen LogP contribution in [0.1, 0.15) is 39.0 Å². The van der Waals surface area contributed by atoms with Gasteiger partial charge in [0.2, 0.25) is 0 Å². The normalized spacial score (nSPS) is 23.0. The summed E-state index contributed by atoms with van der Waals surface area (Å²) in [5.41, 5.74) is 0. The maximum Gasteiger partial charge on any atom is 0.0881 e. The molecule has 64 valence electrons. The van der Waals surface area contributed by atoms with E-state index in [1.165, 1.54) is 32.1 Å². The minimum absolute atomic E-state index is 0.315. The van der Waals surface area contributed by atoms with Crippen molar-refractivity contribution in [2.24, 2.45) is 11.8 Å². The van der Waals surface area contributed by atoms with E-state index < -0.39 is 0 Å². The molecule has 1 saturated carbocycles. The van der Waals surface area contributed by atoms with Crippen LogP contribution < -0.4 is 0 Å². The van der Waals surface area contributed by atoms with Crippen LogP contribution in [0.2, 0.25) is 0 Å². The zero-order valence-electron chi connectivity index (χ0n) is 7.34. The van der Waals surface area contributed by atoms with Gasteiger partial charge in [0.1, 0.15) is 0 Å². The molecule has 1 fully saturated rings. The Hall–Kier alpha value is -0.460. The summed E-state index contributed by atoms with van der Waals surface area (Å²) in [7, 11) is 0. The third-order valence-corrected chi connectivity index (χ3v) is 2.88. The number of hydrogen-bond donors (Lipinski definition) is 1. The summed E-state index contributed by atoms with van der Waals surface area (Å²) in [6, 6.07) is 0. The van der Waals surface area contributed by atoms with E-state index in [0.717, 1.165) is 0 Å². The summed E-state index contributed by atoms with van der Waals surface area (Å²) >= 11 is 0. The lowest BCUT2D eigenvalue weighted by Gasteiger charge is -2.26. The molecule has 0 heterocycles. The Morgan fingerprint density at radius 2 is 1.91 bits per heavy atom. The van der Waals surface area contributed by atoms with Crippen LogP contribution >= 0.6 is 0 Å². The average Bonchev–Trinajstić information content (AvgIpc) is 2.05. The highest BCUT2D eigenvalue weighted by atomic mass is 16.3. The Morgan fingerprint density at radius 3 is 2.36 bits per heavy atom. The summed E-state index contributed by atoms with van der Waals surface area (Å²) in [6.45, 7) is 5.67. The van der Waals surface area contributed by atoms with Crippen molar-refractivity contribution in [3.63, 3.8) is 0 Å². The van der Waals surface area contributed by atoms with E-state index in [1.807, 2.05) is 0 Å². The smallest absolute Gasteiger partial charge is 0.0881 e. The zero-order valence-corrected chi connectivity index (χ0v) is 7.34. The predicted octanol–water partition coefficient (Wildman–Crippen LogP) is 3.27. The van der Waals surface area contributed by atoms with Gasteiger partial charge in [0.15, 0.2) is 0 Å². The van der Waals surface area contributed by atoms with Crippen LogP contribution in [0.15, 0.2) is 12.3 Å². The van der Waals surface area contributed by atoms with Gasteiger partial charge in [-0.15, -0.1) is 0 Å². The van der Waals surface area contributed by atoms with Gasteiger partial charge in [-0.25, -0.2) is 0 Å². The van der Waals surface area contributed by atoms with Crippen molar-refractivity contribution in [1.29, 1.82) is 0 Å². The Labute approximate surface area is 69.1 Å². The van der Waals surface area contributed by atoms with Crippen molar-refractivity contribution < 1.29 is 5.11 Å². The van der Waals surface area contributed by atoms with Crippen LogP contribution in [0.4, 0.5) is 0 Å². The molecular weight excluding hydrogens is 136 g/mol. The molecule has 0 aliphatic heterocycles. The van der Waals surface area contributed by atoms with Gasteiger partial charge >= 0.3 is 0 Å². The van der Waals surface area contributed by atoms with E-state index in [9.17, 15) is 5.11 Å². The second-order valence-corrected chi connectivity index (χ2v) is 3.68. The summed E-state index contributed by atoms with van der Waals surface area (Å²) in [5, 5.41) is 9.18. The van der Waals surface area contributed by atoms with E-state index in [1.54, 1.807) is 0 Å². The molecule has 0 bridgehead atoms. The minimum atomic E-state index is 0.315. The maximum atomic E-state index is 9.18. The third kappa shape index (κ3) is 2.25. The summed E-state index contributed by atoms with van der Waals surface area (Å²) in [5.74, 6) is 1.38. The standard InChI is InChI=1S/C10H18O/c1-8(9(2)11)10-6-4-3-5-7-10/h8,10-11H,2-7H2,1H3. The molecule has 0 saturated heterocycles. The van der Waals surface area contributed by atoms with E-state index in [2.05, 4.69) is 13.5 Å². The summed E-state index contributed by atoms with van der Waals surface area (Å²) in [4.78, 5) is 0. The number of aliphatic hydroxyl groups excluding tert-OH is 1. The number of aliphatic hydroxyl groups is 1. The molecule has 0 aromatic carbocycles. The first-order valence-electron chi connectivity index (χ1n) is 4.59. The molecule has 1 aliphatic carbocycles.